The quantitative estimate of drug-likeness (QED) is 0.703. The Kier molecular flexibility index (Phi) is 2.86. The van der Waals surface area contributed by atoms with Crippen LogP contribution in [0.25, 0.3) is 17.0 Å². The first-order chi connectivity index (χ1) is 9.70. The van der Waals surface area contributed by atoms with Gasteiger partial charge in [-0.25, -0.2) is 14.8 Å². The zero-order chi connectivity index (χ0) is 14.1. The maximum absolute atomic E-state index is 11.7. The molecule has 7 heteroatoms. The lowest BCUT2D eigenvalue weighted by atomic mass is 10.3. The van der Waals surface area contributed by atoms with Gasteiger partial charge in [0.1, 0.15) is 12.1 Å². The van der Waals surface area contributed by atoms with Gasteiger partial charge in [-0.2, -0.15) is 0 Å². The van der Waals surface area contributed by atoms with Crippen molar-refractivity contribution >= 4 is 22.8 Å². The number of carbonyl (C=O) groups is 1. The van der Waals surface area contributed by atoms with Gasteiger partial charge in [0, 0.05) is 0 Å². The van der Waals surface area contributed by atoms with Crippen molar-refractivity contribution in [2.24, 2.45) is 0 Å². The minimum atomic E-state index is -0.542. The van der Waals surface area contributed by atoms with Gasteiger partial charge in [-0.15, -0.1) is 0 Å². The lowest BCUT2D eigenvalue weighted by Gasteiger charge is -2.01. The second kappa shape index (κ2) is 4.69. The Morgan fingerprint density at radius 2 is 2.25 bits per heavy atom. The van der Waals surface area contributed by atoms with Gasteiger partial charge in [0.25, 0.3) is 0 Å². The molecule has 7 nitrogen and oxygen atoms in total. The topological polar surface area (TPSA) is 98.8 Å². The molecule has 1 aromatic carbocycles. The number of para-hydroxylation sites is 2. The molecule has 0 aliphatic heterocycles. The van der Waals surface area contributed by atoms with E-state index in [9.17, 15) is 4.79 Å². The van der Waals surface area contributed by atoms with Crippen molar-refractivity contribution in [2.75, 3.05) is 12.3 Å². The second-order valence-corrected chi connectivity index (χ2v) is 4.15. The van der Waals surface area contributed by atoms with E-state index in [0.29, 0.717) is 5.95 Å². The molecule has 3 N–H and O–H groups in total. The molecule has 0 saturated carbocycles. The lowest BCUT2D eigenvalue weighted by molar-refractivity contribution is 0.0521. The zero-order valence-corrected chi connectivity index (χ0v) is 10.8. The van der Waals surface area contributed by atoms with E-state index in [4.69, 9.17) is 10.5 Å². The minimum Gasteiger partial charge on any atom is -0.461 e. The predicted octanol–water partition coefficient (Wildman–Crippen LogP) is 1.51. The molecule has 3 rings (SSSR count). The molecular weight excluding hydrogens is 258 g/mol. The van der Waals surface area contributed by atoms with Crippen molar-refractivity contribution in [1.29, 1.82) is 0 Å². The number of fused-ring (bicyclic) bond motifs is 1. The van der Waals surface area contributed by atoms with Gasteiger partial charge in [0.15, 0.2) is 5.69 Å². The Balaban J connectivity index is 2.04. The number of nitrogens with two attached hydrogens (primary N) is 1. The first-order valence-corrected chi connectivity index (χ1v) is 6.15. The van der Waals surface area contributed by atoms with Gasteiger partial charge in [-0.05, 0) is 19.1 Å². The third kappa shape index (κ3) is 1.89. The fourth-order valence-corrected chi connectivity index (χ4v) is 1.94. The lowest BCUT2D eigenvalue weighted by Crippen LogP contribution is -2.09. The molecule has 0 saturated heterocycles. The summed E-state index contributed by atoms with van der Waals surface area (Å²) >= 11 is 0. The second-order valence-electron chi connectivity index (χ2n) is 4.15. The number of imidazole rings is 2. The smallest absolute Gasteiger partial charge is 0.360 e. The highest BCUT2D eigenvalue weighted by molar-refractivity contribution is 5.92. The van der Waals surface area contributed by atoms with Gasteiger partial charge in [-0.1, -0.05) is 12.1 Å². The molecule has 2 aromatic heterocycles. The van der Waals surface area contributed by atoms with E-state index in [0.717, 1.165) is 11.0 Å². The molecule has 0 unspecified atom stereocenters. The number of carbonyl (C=O) groups excluding carboxylic acids is 1. The van der Waals surface area contributed by atoms with Crippen molar-refractivity contribution in [2.45, 2.75) is 6.92 Å². The fourth-order valence-electron chi connectivity index (χ4n) is 1.94. The summed E-state index contributed by atoms with van der Waals surface area (Å²) in [6, 6.07) is 7.60. The summed E-state index contributed by atoms with van der Waals surface area (Å²) in [5, 5.41) is 0. The van der Waals surface area contributed by atoms with Crippen LogP contribution in [0.3, 0.4) is 0 Å². The Morgan fingerprint density at radius 1 is 1.45 bits per heavy atom. The predicted molar refractivity (Wildman–Crippen MR) is 73.6 cm³/mol. The van der Waals surface area contributed by atoms with Crippen molar-refractivity contribution in [3.8, 4) is 5.95 Å². The number of H-pyrrole nitrogens is 1. The summed E-state index contributed by atoms with van der Waals surface area (Å²) in [5.41, 5.74) is 7.71. The normalized spacial score (nSPS) is 10.8. The number of nitrogens with one attached hydrogen (secondary N) is 1. The number of ether oxygens (including phenoxy) is 1. The fraction of sp³-hybridized carbons (Fsp3) is 0.154. The van der Waals surface area contributed by atoms with Crippen molar-refractivity contribution in [3.05, 3.63) is 36.3 Å². The number of rotatable bonds is 3. The summed E-state index contributed by atoms with van der Waals surface area (Å²) in [6.45, 7) is 2.00. The number of aromatic nitrogens is 4. The standard InChI is InChI=1S/C13H13N5O2/c1-2-20-12(19)10-11(14)18(7-15-10)13-16-8-5-3-4-6-9(8)17-13/h3-7H,2,14H2,1H3,(H,16,17). The molecule has 0 amide bonds. The van der Waals surface area contributed by atoms with Crippen LogP contribution in [0.5, 0.6) is 0 Å². The van der Waals surface area contributed by atoms with E-state index in [-0.39, 0.29) is 18.1 Å². The molecule has 0 atom stereocenters. The molecule has 102 valence electrons. The Hall–Kier alpha value is -2.83. The van der Waals surface area contributed by atoms with Gasteiger partial charge in [-0.3, -0.25) is 4.57 Å². The summed E-state index contributed by atoms with van der Waals surface area (Å²) < 4.78 is 6.41. The number of nitrogens with zero attached hydrogens (tertiary/aromatic N) is 3. The number of esters is 1. The van der Waals surface area contributed by atoms with Crippen molar-refractivity contribution in [3.63, 3.8) is 0 Å². The molecule has 3 aromatic rings. The highest BCUT2D eigenvalue weighted by atomic mass is 16.5. The number of hydrogen-bond acceptors (Lipinski definition) is 5. The van der Waals surface area contributed by atoms with Crippen LogP contribution in [0.15, 0.2) is 30.6 Å². The van der Waals surface area contributed by atoms with E-state index < -0.39 is 5.97 Å². The van der Waals surface area contributed by atoms with Crippen LogP contribution in [0.1, 0.15) is 17.4 Å². The molecule has 20 heavy (non-hydrogen) atoms. The molecule has 0 aliphatic rings. The van der Waals surface area contributed by atoms with E-state index in [1.54, 1.807) is 6.92 Å². The average molecular weight is 271 g/mol. The first-order valence-electron chi connectivity index (χ1n) is 6.15. The Labute approximate surface area is 114 Å². The van der Waals surface area contributed by atoms with Gasteiger partial charge >= 0.3 is 5.97 Å². The highest BCUT2D eigenvalue weighted by Crippen LogP contribution is 2.18. The maximum atomic E-state index is 11.7. The molecule has 0 aliphatic carbocycles. The minimum absolute atomic E-state index is 0.0901. The van der Waals surface area contributed by atoms with Crippen LogP contribution in [-0.2, 0) is 4.74 Å². The van der Waals surface area contributed by atoms with Crippen LogP contribution in [0.4, 0.5) is 5.82 Å². The largest absolute Gasteiger partial charge is 0.461 e. The van der Waals surface area contributed by atoms with Crippen LogP contribution in [-0.4, -0.2) is 32.1 Å². The number of hydrogen-bond donors (Lipinski definition) is 2. The summed E-state index contributed by atoms with van der Waals surface area (Å²) in [7, 11) is 0. The van der Waals surface area contributed by atoms with E-state index in [1.165, 1.54) is 10.9 Å². The van der Waals surface area contributed by atoms with E-state index >= 15 is 0 Å². The number of anilines is 1. The van der Waals surface area contributed by atoms with E-state index in [1.807, 2.05) is 24.3 Å². The summed E-state index contributed by atoms with van der Waals surface area (Å²) in [6.07, 6.45) is 1.44. The van der Waals surface area contributed by atoms with Crippen LogP contribution < -0.4 is 5.73 Å². The van der Waals surface area contributed by atoms with Crippen molar-refractivity contribution < 1.29 is 9.53 Å². The van der Waals surface area contributed by atoms with Gasteiger partial charge in [0.2, 0.25) is 5.95 Å². The summed E-state index contributed by atoms with van der Waals surface area (Å²) in [4.78, 5) is 23.2. The Bertz CT molecular complexity index is 741. The van der Waals surface area contributed by atoms with Crippen LogP contribution >= 0.6 is 0 Å². The van der Waals surface area contributed by atoms with Crippen molar-refractivity contribution in [1.82, 2.24) is 19.5 Å². The first kappa shape index (κ1) is 12.2. The molecule has 0 bridgehead atoms. The monoisotopic (exact) mass is 271 g/mol. The Morgan fingerprint density at radius 3 is 3.00 bits per heavy atom. The molecule has 0 spiro atoms. The SMILES string of the molecule is CCOC(=O)c1ncn(-c2nc3ccccc3[nH]2)c1N. The zero-order valence-electron chi connectivity index (χ0n) is 10.8. The molecule has 2 heterocycles. The molecular formula is C13H13N5O2. The number of nitrogen functional groups attached to an aromatic ring is 1. The summed E-state index contributed by atoms with van der Waals surface area (Å²) in [5.74, 6) is 0.161. The maximum Gasteiger partial charge on any atom is 0.360 e. The van der Waals surface area contributed by atoms with Crippen LogP contribution in [0.2, 0.25) is 0 Å². The third-order valence-corrected chi connectivity index (χ3v) is 2.88. The molecule has 0 fully saturated rings. The van der Waals surface area contributed by atoms with Gasteiger partial charge in [0.05, 0.1) is 17.6 Å². The highest BCUT2D eigenvalue weighted by Gasteiger charge is 2.18. The van der Waals surface area contributed by atoms with Crippen LogP contribution in [0, 0.1) is 0 Å². The average Bonchev–Trinajstić information content (AvgIpc) is 3.01. The molecule has 0 radical (unpaired) electrons. The van der Waals surface area contributed by atoms with Gasteiger partial charge < -0.3 is 15.5 Å². The number of benzene rings is 1. The third-order valence-electron chi connectivity index (χ3n) is 2.88. The number of aromatic amines is 1. The van der Waals surface area contributed by atoms with E-state index in [2.05, 4.69) is 15.0 Å².